The van der Waals surface area contributed by atoms with Crippen molar-refractivity contribution in [1.29, 1.82) is 0 Å². The molecular formula is C11H9ClF3N3O2S. The van der Waals surface area contributed by atoms with Gasteiger partial charge >= 0.3 is 15.5 Å². The molecule has 1 N–H and O–H groups in total. The number of aromatic nitrogens is 2. The van der Waals surface area contributed by atoms with Crippen molar-refractivity contribution in [3.63, 3.8) is 0 Å². The van der Waals surface area contributed by atoms with Crippen molar-refractivity contribution in [3.05, 3.63) is 35.5 Å². The van der Waals surface area contributed by atoms with Gasteiger partial charge in [0.25, 0.3) is 0 Å². The van der Waals surface area contributed by atoms with Crippen molar-refractivity contribution in [2.24, 2.45) is 7.05 Å². The Morgan fingerprint density at radius 2 is 1.95 bits per heavy atom. The summed E-state index contributed by atoms with van der Waals surface area (Å²) >= 11 is 5.82. The minimum Gasteiger partial charge on any atom is -0.275 e. The third-order valence-corrected chi connectivity index (χ3v) is 3.96. The van der Waals surface area contributed by atoms with E-state index in [4.69, 9.17) is 11.6 Å². The maximum atomic E-state index is 12.5. The Bertz CT molecular complexity index is 771. The Morgan fingerprint density at radius 3 is 2.48 bits per heavy atom. The summed E-state index contributed by atoms with van der Waals surface area (Å²) in [5.74, 6) is 0. The molecule has 0 aliphatic rings. The van der Waals surface area contributed by atoms with Crippen LogP contribution in [0.25, 0.3) is 11.3 Å². The van der Waals surface area contributed by atoms with E-state index in [1.54, 1.807) is 7.05 Å². The third kappa shape index (κ3) is 3.13. The lowest BCUT2D eigenvalue weighted by atomic mass is 10.1. The summed E-state index contributed by atoms with van der Waals surface area (Å²) in [4.78, 5) is 0. The van der Waals surface area contributed by atoms with Crippen LogP contribution in [-0.4, -0.2) is 23.7 Å². The number of hydrogen-bond acceptors (Lipinski definition) is 3. The normalized spacial score (nSPS) is 12.4. The van der Waals surface area contributed by atoms with Gasteiger partial charge < -0.3 is 0 Å². The molecular weight excluding hydrogens is 331 g/mol. The summed E-state index contributed by atoms with van der Waals surface area (Å²) in [7, 11) is -3.95. The number of benzene rings is 1. The van der Waals surface area contributed by atoms with Crippen LogP contribution in [0, 0.1) is 0 Å². The molecule has 0 spiro atoms. The molecule has 0 saturated carbocycles. The molecule has 0 amide bonds. The first kappa shape index (κ1) is 15.6. The molecule has 1 aromatic carbocycles. The fraction of sp³-hybridized carbons (Fsp3) is 0.182. The Hall–Kier alpha value is -1.74. The van der Waals surface area contributed by atoms with Crippen LogP contribution in [0.5, 0.6) is 0 Å². The number of rotatable bonds is 3. The Balaban J connectivity index is 2.54. The van der Waals surface area contributed by atoms with Gasteiger partial charge in [-0.15, -0.1) is 0 Å². The molecule has 1 heterocycles. The van der Waals surface area contributed by atoms with Gasteiger partial charge in [-0.05, 0) is 24.3 Å². The van der Waals surface area contributed by atoms with Crippen molar-refractivity contribution >= 4 is 27.3 Å². The van der Waals surface area contributed by atoms with Gasteiger partial charge in [-0.1, -0.05) is 11.6 Å². The second-order valence-corrected chi connectivity index (χ2v) is 6.19. The van der Waals surface area contributed by atoms with Crippen LogP contribution in [0.3, 0.4) is 0 Å². The number of sulfonamides is 1. The van der Waals surface area contributed by atoms with E-state index >= 15 is 0 Å². The zero-order valence-corrected chi connectivity index (χ0v) is 12.1. The number of anilines is 1. The summed E-state index contributed by atoms with van der Waals surface area (Å²) in [5.41, 5.74) is -5.04. The Kier molecular flexibility index (Phi) is 3.89. The van der Waals surface area contributed by atoms with Crippen LogP contribution in [0.1, 0.15) is 0 Å². The zero-order valence-electron chi connectivity index (χ0n) is 10.5. The molecule has 0 bridgehead atoms. The smallest absolute Gasteiger partial charge is 0.275 e. The van der Waals surface area contributed by atoms with E-state index in [0.717, 1.165) is 6.07 Å². The predicted octanol–water partition coefficient (Wildman–Crippen LogP) is 3.00. The minimum absolute atomic E-state index is 0.190. The van der Waals surface area contributed by atoms with Crippen molar-refractivity contribution in [1.82, 2.24) is 9.78 Å². The first-order valence-electron chi connectivity index (χ1n) is 5.49. The summed E-state index contributed by atoms with van der Waals surface area (Å²) in [6.45, 7) is 0. The van der Waals surface area contributed by atoms with Crippen LogP contribution >= 0.6 is 11.6 Å². The molecule has 5 nitrogen and oxygen atoms in total. The van der Waals surface area contributed by atoms with Gasteiger partial charge in [0, 0.05) is 23.8 Å². The monoisotopic (exact) mass is 339 g/mol. The van der Waals surface area contributed by atoms with E-state index < -0.39 is 15.5 Å². The summed E-state index contributed by atoms with van der Waals surface area (Å²) < 4.78 is 62.7. The SMILES string of the molecule is Cn1nccc1-c1cc(Cl)ccc1NS(=O)(=O)C(F)(F)F. The van der Waals surface area contributed by atoms with Gasteiger partial charge in [0.15, 0.2) is 0 Å². The van der Waals surface area contributed by atoms with Crippen molar-refractivity contribution in [2.45, 2.75) is 5.51 Å². The average molecular weight is 340 g/mol. The van der Waals surface area contributed by atoms with Crippen molar-refractivity contribution in [2.75, 3.05) is 4.72 Å². The van der Waals surface area contributed by atoms with E-state index in [2.05, 4.69) is 5.10 Å². The third-order valence-electron chi connectivity index (χ3n) is 2.63. The second kappa shape index (κ2) is 5.23. The van der Waals surface area contributed by atoms with Gasteiger partial charge in [0.05, 0.1) is 11.4 Å². The molecule has 0 aliphatic carbocycles. The minimum atomic E-state index is -5.51. The van der Waals surface area contributed by atoms with Gasteiger partial charge in [-0.3, -0.25) is 9.40 Å². The van der Waals surface area contributed by atoms with Crippen LogP contribution in [0.15, 0.2) is 30.5 Å². The van der Waals surface area contributed by atoms with Gasteiger partial charge in [-0.25, -0.2) is 0 Å². The number of aryl methyl sites for hydroxylation is 1. The number of halogens is 4. The van der Waals surface area contributed by atoms with Crippen molar-refractivity contribution < 1.29 is 21.6 Å². The molecule has 0 fully saturated rings. The molecule has 2 rings (SSSR count). The topological polar surface area (TPSA) is 64.0 Å². The standard InChI is InChI=1S/C11H9ClF3N3O2S/c1-18-10(4-5-16-18)8-6-7(12)2-3-9(8)17-21(19,20)11(13,14)15/h2-6,17H,1H3. The van der Waals surface area contributed by atoms with Gasteiger partial charge in [0.1, 0.15) is 0 Å². The highest BCUT2D eigenvalue weighted by Crippen LogP contribution is 2.33. The fourth-order valence-corrected chi connectivity index (χ4v) is 2.41. The van der Waals surface area contributed by atoms with Gasteiger partial charge in [-0.2, -0.15) is 26.7 Å². The lowest BCUT2D eigenvalue weighted by Gasteiger charge is -2.14. The Morgan fingerprint density at radius 1 is 1.29 bits per heavy atom. The number of hydrogen-bond donors (Lipinski definition) is 1. The first-order valence-corrected chi connectivity index (χ1v) is 7.35. The van der Waals surface area contributed by atoms with E-state index in [1.807, 2.05) is 0 Å². The van der Waals surface area contributed by atoms with E-state index in [1.165, 1.54) is 33.8 Å². The lowest BCUT2D eigenvalue weighted by Crippen LogP contribution is -2.30. The van der Waals surface area contributed by atoms with Crippen LogP contribution in [0.4, 0.5) is 18.9 Å². The predicted molar refractivity (Wildman–Crippen MR) is 72.3 cm³/mol. The first-order chi connectivity index (χ1) is 9.62. The fourth-order valence-electron chi connectivity index (χ4n) is 1.66. The maximum Gasteiger partial charge on any atom is 0.516 e. The highest BCUT2D eigenvalue weighted by Gasteiger charge is 2.46. The zero-order chi connectivity index (χ0) is 15.8. The van der Waals surface area contributed by atoms with Crippen LogP contribution in [0.2, 0.25) is 5.02 Å². The molecule has 0 aliphatic heterocycles. The molecule has 0 saturated heterocycles. The quantitative estimate of drug-likeness (QED) is 0.935. The molecule has 0 radical (unpaired) electrons. The van der Waals surface area contributed by atoms with Crippen LogP contribution in [-0.2, 0) is 17.1 Å². The molecule has 114 valence electrons. The molecule has 0 atom stereocenters. The number of alkyl halides is 3. The van der Waals surface area contributed by atoms with Crippen molar-refractivity contribution in [3.8, 4) is 11.3 Å². The highest BCUT2D eigenvalue weighted by molar-refractivity contribution is 7.93. The van der Waals surface area contributed by atoms with Gasteiger partial charge in [0.2, 0.25) is 0 Å². The van der Waals surface area contributed by atoms with Crippen LogP contribution < -0.4 is 4.72 Å². The molecule has 0 unspecified atom stereocenters. The molecule has 1 aromatic heterocycles. The van der Waals surface area contributed by atoms with E-state index in [9.17, 15) is 21.6 Å². The number of nitrogens with one attached hydrogen (secondary N) is 1. The summed E-state index contributed by atoms with van der Waals surface area (Å²) in [6.07, 6.45) is 1.43. The molecule has 10 heteroatoms. The largest absolute Gasteiger partial charge is 0.516 e. The average Bonchev–Trinajstić information content (AvgIpc) is 2.76. The molecule has 2 aromatic rings. The number of nitrogens with zero attached hydrogens (tertiary/aromatic N) is 2. The second-order valence-electron chi connectivity index (χ2n) is 4.08. The summed E-state index contributed by atoms with van der Waals surface area (Å²) in [6, 6.07) is 5.33. The van der Waals surface area contributed by atoms with E-state index in [-0.39, 0.29) is 16.3 Å². The lowest BCUT2D eigenvalue weighted by molar-refractivity contribution is -0.0429. The molecule has 21 heavy (non-hydrogen) atoms. The van der Waals surface area contributed by atoms with E-state index in [0.29, 0.717) is 5.69 Å². The summed E-state index contributed by atoms with van der Waals surface area (Å²) in [5, 5.41) is 4.13. The highest BCUT2D eigenvalue weighted by atomic mass is 35.5. The Labute approximate surface area is 123 Å². The maximum absolute atomic E-state index is 12.5.